The van der Waals surface area contributed by atoms with Crippen molar-refractivity contribution in [1.82, 2.24) is 0 Å². The lowest BCUT2D eigenvalue weighted by molar-refractivity contribution is 0.483. The first-order chi connectivity index (χ1) is 18.2. The highest BCUT2D eigenvalue weighted by Gasteiger charge is 2.22. The average Bonchev–Trinajstić information content (AvgIpc) is 2.83. The van der Waals surface area contributed by atoms with Gasteiger partial charge in [-0.05, 0) is 147 Å². The topological polar surface area (TPSA) is 104 Å². The van der Waals surface area contributed by atoms with Gasteiger partial charge >= 0.3 is 0 Å². The number of nitrogens with zero attached hydrogens (tertiary/aromatic N) is 4. The molecule has 0 heterocycles. The zero-order chi connectivity index (χ0) is 28.8. The molecule has 0 fully saturated rings. The van der Waals surface area contributed by atoms with Crippen molar-refractivity contribution in [3.63, 3.8) is 0 Å². The van der Waals surface area contributed by atoms with Crippen molar-refractivity contribution in [2.24, 2.45) is 20.5 Å². The summed E-state index contributed by atoms with van der Waals surface area (Å²) in [5.41, 5.74) is 11.0. The standard InChI is InChI=1S/C31H34N4O3S/c1-16-10-20(5)26(13-18(16)3)32-34-30-22(7)12-25-15-28(39(36,37)38)31(24(9)29(25)23(30)8)35-33-27-14-19(4)17(2)11-21(27)6/h10-15H,1-9H3,(H,36,37,38). The fourth-order valence-corrected chi connectivity index (χ4v) is 5.63. The minimum absolute atomic E-state index is 0.0995. The Kier molecular flexibility index (Phi) is 7.56. The van der Waals surface area contributed by atoms with Crippen molar-refractivity contribution in [2.45, 2.75) is 67.2 Å². The van der Waals surface area contributed by atoms with Gasteiger partial charge in [0.2, 0.25) is 0 Å². The molecule has 1 N–H and O–H groups in total. The van der Waals surface area contributed by atoms with Crippen LogP contribution in [0.1, 0.15) is 50.1 Å². The van der Waals surface area contributed by atoms with Gasteiger partial charge in [-0.1, -0.05) is 12.1 Å². The van der Waals surface area contributed by atoms with Crippen LogP contribution in [0.4, 0.5) is 22.7 Å². The molecule has 0 spiro atoms. The van der Waals surface area contributed by atoms with Gasteiger partial charge < -0.3 is 0 Å². The van der Waals surface area contributed by atoms with Gasteiger partial charge in [-0.2, -0.15) is 18.6 Å². The molecule has 0 aliphatic carbocycles. The van der Waals surface area contributed by atoms with Crippen LogP contribution in [0.15, 0.2) is 61.8 Å². The van der Waals surface area contributed by atoms with E-state index in [1.54, 1.807) is 6.92 Å². The molecule has 4 aromatic carbocycles. The third-order valence-corrected chi connectivity index (χ3v) is 8.30. The summed E-state index contributed by atoms with van der Waals surface area (Å²) in [5, 5.41) is 19.4. The fraction of sp³-hybridized carbons (Fsp3) is 0.290. The van der Waals surface area contributed by atoms with Crippen molar-refractivity contribution in [1.29, 1.82) is 0 Å². The van der Waals surface area contributed by atoms with Crippen LogP contribution in [-0.2, 0) is 10.1 Å². The average molecular weight is 543 g/mol. The van der Waals surface area contributed by atoms with Crippen molar-refractivity contribution >= 4 is 43.6 Å². The lowest BCUT2D eigenvalue weighted by atomic mass is 9.95. The van der Waals surface area contributed by atoms with Crippen LogP contribution in [0.25, 0.3) is 10.8 Å². The van der Waals surface area contributed by atoms with Crippen LogP contribution in [0, 0.1) is 62.3 Å². The minimum atomic E-state index is -4.57. The van der Waals surface area contributed by atoms with Crippen LogP contribution in [0.3, 0.4) is 0 Å². The Labute approximate surface area is 230 Å². The molecule has 0 aromatic heterocycles. The normalized spacial score (nSPS) is 12.4. The maximum Gasteiger partial charge on any atom is 0.296 e. The van der Waals surface area contributed by atoms with Crippen LogP contribution in [0.2, 0.25) is 0 Å². The summed E-state index contributed by atoms with van der Waals surface area (Å²) >= 11 is 0. The molecular weight excluding hydrogens is 508 g/mol. The third kappa shape index (κ3) is 5.53. The zero-order valence-electron chi connectivity index (χ0n) is 23.9. The molecule has 4 aromatic rings. The van der Waals surface area contributed by atoms with Crippen LogP contribution in [-0.4, -0.2) is 13.0 Å². The first-order valence-corrected chi connectivity index (χ1v) is 14.2. The highest BCUT2D eigenvalue weighted by Crippen LogP contribution is 2.41. The van der Waals surface area contributed by atoms with Gasteiger partial charge in [0.25, 0.3) is 10.1 Å². The summed E-state index contributed by atoms with van der Waals surface area (Å²) in [6.45, 7) is 17.7. The molecule has 4 rings (SSSR count). The third-order valence-electron chi connectivity index (χ3n) is 7.43. The van der Waals surface area contributed by atoms with Crippen molar-refractivity contribution < 1.29 is 13.0 Å². The first kappa shape index (κ1) is 28.3. The maximum atomic E-state index is 12.4. The molecule has 0 aliphatic rings. The molecule has 7 nitrogen and oxygen atoms in total. The quantitative estimate of drug-likeness (QED) is 0.200. The fourth-order valence-electron chi connectivity index (χ4n) is 4.92. The Morgan fingerprint density at radius 2 is 0.949 bits per heavy atom. The predicted octanol–water partition coefficient (Wildman–Crippen LogP) is 9.69. The monoisotopic (exact) mass is 542 g/mol. The molecule has 0 unspecified atom stereocenters. The molecule has 0 bridgehead atoms. The number of fused-ring (bicyclic) bond motifs is 1. The van der Waals surface area contributed by atoms with E-state index in [-0.39, 0.29) is 10.6 Å². The molecule has 0 saturated heterocycles. The number of benzene rings is 4. The van der Waals surface area contributed by atoms with E-state index in [2.05, 4.69) is 33.4 Å². The lowest BCUT2D eigenvalue weighted by Gasteiger charge is -2.15. The Morgan fingerprint density at radius 3 is 1.44 bits per heavy atom. The second kappa shape index (κ2) is 10.4. The molecule has 202 valence electrons. The van der Waals surface area contributed by atoms with Gasteiger partial charge in [0.05, 0.1) is 17.1 Å². The molecule has 0 amide bonds. The minimum Gasteiger partial charge on any atom is -0.282 e. The zero-order valence-corrected chi connectivity index (χ0v) is 24.7. The smallest absolute Gasteiger partial charge is 0.282 e. The van der Waals surface area contributed by atoms with Gasteiger partial charge in [-0.25, -0.2) is 0 Å². The number of azo groups is 2. The van der Waals surface area contributed by atoms with Crippen molar-refractivity contribution in [3.05, 3.63) is 86.5 Å². The molecule has 0 radical (unpaired) electrons. The Bertz CT molecular complexity index is 1820. The number of aryl methyl sites for hydroxylation is 9. The van der Waals surface area contributed by atoms with E-state index in [9.17, 15) is 13.0 Å². The Morgan fingerprint density at radius 1 is 0.513 bits per heavy atom. The highest BCUT2D eigenvalue weighted by atomic mass is 32.2. The molecular formula is C31H34N4O3S. The van der Waals surface area contributed by atoms with Gasteiger partial charge in [-0.3, -0.25) is 4.55 Å². The second-order valence-electron chi connectivity index (χ2n) is 10.4. The summed E-state index contributed by atoms with van der Waals surface area (Å²) in [4.78, 5) is -0.281. The van der Waals surface area contributed by atoms with Gasteiger partial charge in [-0.15, -0.1) is 10.2 Å². The number of rotatable bonds is 5. The van der Waals surface area contributed by atoms with E-state index in [1.807, 2.05) is 72.7 Å². The second-order valence-corrected chi connectivity index (χ2v) is 11.8. The van der Waals surface area contributed by atoms with Gasteiger partial charge in [0.1, 0.15) is 10.6 Å². The predicted molar refractivity (Wildman–Crippen MR) is 158 cm³/mol. The lowest BCUT2D eigenvalue weighted by Crippen LogP contribution is -2.01. The summed E-state index contributed by atoms with van der Waals surface area (Å²) in [6.07, 6.45) is 0. The maximum absolute atomic E-state index is 12.4. The van der Waals surface area contributed by atoms with E-state index in [4.69, 9.17) is 0 Å². The van der Waals surface area contributed by atoms with Crippen LogP contribution in [0.5, 0.6) is 0 Å². The van der Waals surface area contributed by atoms with Crippen LogP contribution < -0.4 is 0 Å². The molecule has 39 heavy (non-hydrogen) atoms. The summed E-state index contributed by atoms with van der Waals surface area (Å²) < 4.78 is 34.9. The van der Waals surface area contributed by atoms with Crippen molar-refractivity contribution in [3.8, 4) is 0 Å². The van der Waals surface area contributed by atoms with E-state index in [0.29, 0.717) is 22.3 Å². The molecule has 0 atom stereocenters. The Balaban J connectivity index is 1.93. The van der Waals surface area contributed by atoms with Gasteiger partial charge in [0, 0.05) is 0 Å². The SMILES string of the molecule is Cc1cc(C)c(N=Nc2c(C)cc3cc(S(=O)(=O)O)c(N=Nc4cc(C)c(C)cc4C)c(C)c3c2C)cc1C. The van der Waals surface area contributed by atoms with Gasteiger partial charge in [0.15, 0.2) is 0 Å². The van der Waals surface area contributed by atoms with E-state index >= 15 is 0 Å². The molecule has 0 aliphatic heterocycles. The summed E-state index contributed by atoms with van der Waals surface area (Å²) in [5.74, 6) is 0. The number of hydrogen-bond acceptors (Lipinski definition) is 6. The molecule has 0 saturated carbocycles. The van der Waals surface area contributed by atoms with E-state index in [0.717, 1.165) is 50.0 Å². The summed E-state index contributed by atoms with van der Waals surface area (Å²) in [7, 11) is -4.57. The number of hydrogen-bond donors (Lipinski definition) is 1. The van der Waals surface area contributed by atoms with Crippen molar-refractivity contribution in [2.75, 3.05) is 0 Å². The molecule has 8 heteroatoms. The first-order valence-electron chi connectivity index (χ1n) is 12.7. The van der Waals surface area contributed by atoms with Crippen LogP contribution >= 0.6 is 0 Å². The summed E-state index contributed by atoms with van der Waals surface area (Å²) in [6, 6.07) is 11.4. The highest BCUT2D eigenvalue weighted by molar-refractivity contribution is 7.86. The largest absolute Gasteiger partial charge is 0.296 e. The van der Waals surface area contributed by atoms with E-state index in [1.165, 1.54) is 11.6 Å². The Hall–Kier alpha value is -3.75. The van der Waals surface area contributed by atoms with E-state index < -0.39 is 10.1 Å².